The average Bonchev–Trinajstić information content (AvgIpc) is 2.98. The number of carbonyl (C=O) groups is 1. The van der Waals surface area contributed by atoms with Gasteiger partial charge in [0.2, 0.25) is 5.91 Å². The number of benzene rings is 1. The summed E-state index contributed by atoms with van der Waals surface area (Å²) >= 11 is 1.67. The van der Waals surface area contributed by atoms with E-state index < -0.39 is 0 Å². The Morgan fingerprint density at radius 2 is 2.23 bits per heavy atom. The van der Waals surface area contributed by atoms with Crippen molar-refractivity contribution in [3.05, 3.63) is 18.2 Å². The first-order valence-corrected chi connectivity index (χ1v) is 8.53. The van der Waals surface area contributed by atoms with E-state index in [1.54, 1.807) is 11.3 Å². The van der Waals surface area contributed by atoms with Crippen molar-refractivity contribution in [1.82, 2.24) is 4.98 Å². The van der Waals surface area contributed by atoms with Crippen LogP contribution in [0.15, 0.2) is 18.2 Å². The molecule has 0 bridgehead atoms. The van der Waals surface area contributed by atoms with E-state index in [-0.39, 0.29) is 11.8 Å². The van der Waals surface area contributed by atoms with Gasteiger partial charge in [0.05, 0.1) is 23.4 Å². The zero-order valence-corrected chi connectivity index (χ0v) is 13.8. The van der Waals surface area contributed by atoms with Gasteiger partial charge in [-0.25, -0.2) is 4.98 Å². The van der Waals surface area contributed by atoms with E-state index in [0.717, 1.165) is 53.8 Å². The molecule has 1 saturated heterocycles. The first kappa shape index (κ1) is 15.2. The Morgan fingerprint density at radius 1 is 1.45 bits per heavy atom. The van der Waals surface area contributed by atoms with Crippen LogP contribution in [0.3, 0.4) is 0 Å². The summed E-state index contributed by atoms with van der Waals surface area (Å²) in [7, 11) is 0. The molecule has 1 amide bonds. The van der Waals surface area contributed by atoms with E-state index in [1.165, 1.54) is 0 Å². The molecule has 6 heteroatoms. The molecular formula is C16H21N3O2S. The predicted octanol–water partition coefficient (Wildman–Crippen LogP) is 3.12. The van der Waals surface area contributed by atoms with Gasteiger partial charge in [0.1, 0.15) is 0 Å². The molecule has 3 rings (SSSR count). The van der Waals surface area contributed by atoms with Gasteiger partial charge in [-0.2, -0.15) is 0 Å². The lowest BCUT2D eigenvalue weighted by Gasteiger charge is -2.25. The molecule has 0 aliphatic carbocycles. The van der Waals surface area contributed by atoms with E-state index in [0.29, 0.717) is 0 Å². The maximum Gasteiger partial charge on any atom is 0.227 e. The Bertz CT molecular complexity index is 664. The van der Waals surface area contributed by atoms with Crippen molar-refractivity contribution in [2.45, 2.75) is 20.3 Å². The number of hydrogen-bond acceptors (Lipinski definition) is 5. The Balaban J connectivity index is 1.79. The molecule has 1 fully saturated rings. The maximum absolute atomic E-state index is 12.0. The van der Waals surface area contributed by atoms with Crippen LogP contribution in [0.25, 0.3) is 10.2 Å². The first-order chi connectivity index (χ1) is 10.7. The summed E-state index contributed by atoms with van der Waals surface area (Å²) in [5, 5.41) is 4.01. The van der Waals surface area contributed by atoms with Crippen LogP contribution < -0.4 is 10.2 Å². The highest BCUT2D eigenvalue weighted by atomic mass is 32.1. The SMILES string of the molecule is CC[C@H](C)C(=O)Nc1ccc2nc(N3CCOCC3)sc2c1. The molecule has 118 valence electrons. The fourth-order valence-corrected chi connectivity index (χ4v) is 3.39. The summed E-state index contributed by atoms with van der Waals surface area (Å²) in [5.74, 6) is 0.0980. The van der Waals surface area contributed by atoms with E-state index in [9.17, 15) is 4.79 Å². The lowest BCUT2D eigenvalue weighted by Crippen LogP contribution is -2.36. The van der Waals surface area contributed by atoms with Crippen LogP contribution in [0.5, 0.6) is 0 Å². The van der Waals surface area contributed by atoms with Gasteiger partial charge in [0.15, 0.2) is 5.13 Å². The number of thiazole rings is 1. The third-order valence-corrected chi connectivity index (χ3v) is 5.07. The van der Waals surface area contributed by atoms with Crippen molar-refractivity contribution in [1.29, 1.82) is 0 Å². The molecule has 1 aliphatic heterocycles. The lowest BCUT2D eigenvalue weighted by atomic mass is 10.1. The molecule has 0 saturated carbocycles. The molecule has 1 aliphatic rings. The van der Waals surface area contributed by atoms with Crippen molar-refractivity contribution in [3.63, 3.8) is 0 Å². The number of amides is 1. The minimum absolute atomic E-state index is 0.0288. The molecule has 1 aromatic heterocycles. The summed E-state index contributed by atoms with van der Waals surface area (Å²) in [4.78, 5) is 18.9. The molecule has 0 unspecified atom stereocenters. The van der Waals surface area contributed by atoms with E-state index in [4.69, 9.17) is 4.74 Å². The van der Waals surface area contributed by atoms with Crippen LogP contribution in [0.1, 0.15) is 20.3 Å². The molecule has 2 aromatic rings. The van der Waals surface area contributed by atoms with Crippen LogP contribution >= 0.6 is 11.3 Å². The Morgan fingerprint density at radius 3 is 2.95 bits per heavy atom. The van der Waals surface area contributed by atoms with Crippen LogP contribution in [0.2, 0.25) is 0 Å². The fraction of sp³-hybridized carbons (Fsp3) is 0.500. The first-order valence-electron chi connectivity index (χ1n) is 7.71. The summed E-state index contributed by atoms with van der Waals surface area (Å²) < 4.78 is 6.48. The van der Waals surface area contributed by atoms with E-state index in [2.05, 4.69) is 15.2 Å². The zero-order valence-electron chi connectivity index (χ0n) is 13.0. The Kier molecular flexibility index (Phi) is 4.59. The fourth-order valence-electron chi connectivity index (χ4n) is 2.33. The minimum atomic E-state index is 0.0288. The third-order valence-electron chi connectivity index (χ3n) is 3.99. The lowest BCUT2D eigenvalue weighted by molar-refractivity contribution is -0.119. The number of aromatic nitrogens is 1. The molecule has 1 atom stereocenters. The van der Waals surface area contributed by atoms with Gasteiger partial charge >= 0.3 is 0 Å². The number of nitrogens with one attached hydrogen (secondary N) is 1. The van der Waals surface area contributed by atoms with Gasteiger partial charge in [-0.3, -0.25) is 4.79 Å². The number of fused-ring (bicyclic) bond motifs is 1. The highest BCUT2D eigenvalue weighted by molar-refractivity contribution is 7.22. The van der Waals surface area contributed by atoms with Crippen LogP contribution in [-0.4, -0.2) is 37.2 Å². The van der Waals surface area contributed by atoms with E-state index >= 15 is 0 Å². The molecule has 5 nitrogen and oxygen atoms in total. The second-order valence-corrected chi connectivity index (χ2v) is 6.59. The van der Waals surface area contributed by atoms with Gasteiger partial charge in [0.25, 0.3) is 0 Å². The summed E-state index contributed by atoms with van der Waals surface area (Å²) in [6.45, 7) is 7.25. The largest absolute Gasteiger partial charge is 0.378 e. The number of ether oxygens (including phenoxy) is 1. The Hall–Kier alpha value is -1.66. The van der Waals surface area contributed by atoms with Crippen LogP contribution in [0, 0.1) is 5.92 Å². The zero-order chi connectivity index (χ0) is 15.5. The van der Waals surface area contributed by atoms with Crippen molar-refractivity contribution in [3.8, 4) is 0 Å². The van der Waals surface area contributed by atoms with Crippen molar-refractivity contribution >= 4 is 38.3 Å². The molecule has 0 radical (unpaired) electrons. The van der Waals surface area contributed by atoms with Crippen LogP contribution in [0.4, 0.5) is 10.8 Å². The average molecular weight is 319 g/mol. The maximum atomic E-state index is 12.0. The van der Waals surface area contributed by atoms with Crippen LogP contribution in [-0.2, 0) is 9.53 Å². The van der Waals surface area contributed by atoms with Gasteiger partial charge in [-0.1, -0.05) is 25.2 Å². The monoisotopic (exact) mass is 319 g/mol. The quantitative estimate of drug-likeness (QED) is 0.941. The van der Waals surface area contributed by atoms with Crippen molar-refractivity contribution in [2.75, 3.05) is 36.5 Å². The normalized spacial score (nSPS) is 16.7. The van der Waals surface area contributed by atoms with Gasteiger partial charge in [-0.05, 0) is 24.6 Å². The molecule has 0 spiro atoms. The number of nitrogens with zero attached hydrogens (tertiary/aromatic N) is 2. The molecule has 1 aromatic carbocycles. The smallest absolute Gasteiger partial charge is 0.227 e. The molecule has 2 heterocycles. The van der Waals surface area contributed by atoms with Gasteiger partial charge in [0, 0.05) is 24.7 Å². The summed E-state index contributed by atoms with van der Waals surface area (Å²) in [6, 6.07) is 5.91. The number of hydrogen-bond donors (Lipinski definition) is 1. The van der Waals surface area contributed by atoms with Gasteiger partial charge < -0.3 is 15.0 Å². The van der Waals surface area contributed by atoms with Gasteiger partial charge in [-0.15, -0.1) is 0 Å². The number of anilines is 2. The molecule has 1 N–H and O–H groups in total. The highest BCUT2D eigenvalue weighted by Gasteiger charge is 2.16. The predicted molar refractivity (Wildman–Crippen MR) is 90.7 cm³/mol. The van der Waals surface area contributed by atoms with Crippen molar-refractivity contribution in [2.24, 2.45) is 5.92 Å². The second-order valence-electron chi connectivity index (χ2n) is 5.58. The third kappa shape index (κ3) is 3.23. The second kappa shape index (κ2) is 6.62. The molecule has 22 heavy (non-hydrogen) atoms. The Labute approximate surface area is 134 Å². The molecular weight excluding hydrogens is 298 g/mol. The number of rotatable bonds is 4. The highest BCUT2D eigenvalue weighted by Crippen LogP contribution is 2.31. The van der Waals surface area contributed by atoms with Crippen molar-refractivity contribution < 1.29 is 9.53 Å². The minimum Gasteiger partial charge on any atom is -0.378 e. The number of carbonyl (C=O) groups excluding carboxylic acids is 1. The number of morpholine rings is 1. The standard InChI is InChI=1S/C16H21N3O2S/c1-3-11(2)15(20)17-12-4-5-13-14(10-12)22-16(18-13)19-6-8-21-9-7-19/h4-5,10-11H,3,6-9H2,1-2H3,(H,17,20)/t11-/m0/s1. The summed E-state index contributed by atoms with van der Waals surface area (Å²) in [5.41, 5.74) is 1.82. The van der Waals surface area contributed by atoms with E-state index in [1.807, 2.05) is 32.0 Å². The summed E-state index contributed by atoms with van der Waals surface area (Å²) in [6.07, 6.45) is 0.843. The topological polar surface area (TPSA) is 54.5 Å².